The third kappa shape index (κ3) is 5.30. The lowest BCUT2D eigenvalue weighted by Gasteiger charge is -2.21. The number of para-hydroxylation sites is 1. The Hall–Kier alpha value is -4.03. The highest BCUT2D eigenvalue weighted by Crippen LogP contribution is 2.29. The Bertz CT molecular complexity index is 1300. The molecule has 170 valence electrons. The molecule has 0 spiro atoms. The number of benzene rings is 3. The van der Waals surface area contributed by atoms with Gasteiger partial charge in [0.1, 0.15) is 11.6 Å². The number of halogens is 2. The van der Waals surface area contributed by atoms with Crippen LogP contribution in [0.25, 0.3) is 17.1 Å². The van der Waals surface area contributed by atoms with Gasteiger partial charge in [0.25, 0.3) is 0 Å². The Morgan fingerprint density at radius 3 is 2.24 bits per heavy atom. The summed E-state index contributed by atoms with van der Waals surface area (Å²) in [5.41, 5.74) is 1.93. The molecule has 3 aromatic carbocycles. The fraction of sp³-hybridized carbons (Fsp3) is 0.120. The first-order chi connectivity index (χ1) is 16.6. The molecule has 4 rings (SSSR count). The van der Waals surface area contributed by atoms with Crippen LogP contribution < -0.4 is 4.90 Å². The zero-order valence-electron chi connectivity index (χ0n) is 17.9. The normalized spacial score (nSPS) is 10.6. The van der Waals surface area contributed by atoms with Crippen molar-refractivity contribution >= 4 is 23.4 Å². The molecule has 0 saturated heterocycles. The van der Waals surface area contributed by atoms with Crippen molar-refractivity contribution in [2.24, 2.45) is 0 Å². The van der Waals surface area contributed by atoms with E-state index in [2.05, 4.69) is 16.3 Å². The molecule has 1 amide bonds. The Labute approximate surface area is 199 Å². The first-order valence-electron chi connectivity index (χ1n) is 10.4. The third-order valence-corrected chi connectivity index (χ3v) is 5.88. The fourth-order valence-corrected chi connectivity index (χ4v) is 4.17. The fourth-order valence-electron chi connectivity index (χ4n) is 3.34. The summed E-state index contributed by atoms with van der Waals surface area (Å²) in [6.07, 6.45) is 0.200. The van der Waals surface area contributed by atoms with Crippen molar-refractivity contribution in [2.45, 2.75) is 11.6 Å². The van der Waals surface area contributed by atoms with E-state index in [-0.39, 0.29) is 36.3 Å². The van der Waals surface area contributed by atoms with Gasteiger partial charge in [0.05, 0.1) is 18.2 Å². The molecule has 0 radical (unpaired) electrons. The molecule has 1 aromatic heterocycles. The van der Waals surface area contributed by atoms with E-state index in [0.717, 1.165) is 0 Å². The topological polar surface area (TPSA) is 74.8 Å². The molecular weight excluding hydrogens is 456 g/mol. The zero-order valence-corrected chi connectivity index (χ0v) is 18.8. The molecule has 4 aromatic rings. The molecule has 0 saturated carbocycles. The van der Waals surface area contributed by atoms with Gasteiger partial charge in [0.2, 0.25) is 5.91 Å². The van der Waals surface area contributed by atoms with Gasteiger partial charge in [-0.2, -0.15) is 5.26 Å². The number of amides is 1. The Morgan fingerprint density at radius 1 is 0.941 bits per heavy atom. The quantitative estimate of drug-likeness (QED) is 0.325. The smallest absolute Gasteiger partial charge is 0.237 e. The van der Waals surface area contributed by atoms with E-state index >= 15 is 0 Å². The summed E-state index contributed by atoms with van der Waals surface area (Å²) in [5.74, 6) is -0.478. The van der Waals surface area contributed by atoms with Gasteiger partial charge >= 0.3 is 0 Å². The molecule has 1 heterocycles. The zero-order chi connectivity index (χ0) is 23.9. The van der Waals surface area contributed by atoms with Crippen LogP contribution in [0, 0.1) is 23.0 Å². The van der Waals surface area contributed by atoms with Crippen LogP contribution >= 0.6 is 11.8 Å². The minimum atomic E-state index is -0.388. The molecule has 9 heteroatoms. The highest BCUT2D eigenvalue weighted by Gasteiger charge is 2.20. The summed E-state index contributed by atoms with van der Waals surface area (Å²) < 4.78 is 28.7. The predicted molar refractivity (Wildman–Crippen MR) is 126 cm³/mol. The highest BCUT2D eigenvalue weighted by atomic mass is 32.2. The van der Waals surface area contributed by atoms with E-state index in [0.29, 0.717) is 27.9 Å². The second-order valence-electron chi connectivity index (χ2n) is 7.20. The van der Waals surface area contributed by atoms with Gasteiger partial charge in [-0.05, 0) is 60.7 Å². The number of hydrogen-bond acceptors (Lipinski definition) is 5. The number of nitrogens with zero attached hydrogens (tertiary/aromatic N) is 5. The Morgan fingerprint density at radius 2 is 1.59 bits per heavy atom. The minimum Gasteiger partial charge on any atom is -0.311 e. The monoisotopic (exact) mass is 475 g/mol. The minimum absolute atomic E-state index is 0.0447. The molecular formula is C25H19F2N5OS. The first-order valence-corrected chi connectivity index (χ1v) is 11.4. The van der Waals surface area contributed by atoms with E-state index in [9.17, 15) is 13.6 Å². The van der Waals surface area contributed by atoms with Crippen LogP contribution in [0.4, 0.5) is 14.5 Å². The van der Waals surface area contributed by atoms with E-state index in [1.807, 2.05) is 30.3 Å². The molecule has 0 N–H and O–H groups in total. The van der Waals surface area contributed by atoms with E-state index in [4.69, 9.17) is 5.26 Å². The summed E-state index contributed by atoms with van der Waals surface area (Å²) in [6, 6.07) is 22.8. The summed E-state index contributed by atoms with van der Waals surface area (Å²) in [6.45, 7) is 0.269. The molecule has 6 nitrogen and oxygen atoms in total. The van der Waals surface area contributed by atoms with Gasteiger partial charge in [-0.15, -0.1) is 10.2 Å². The van der Waals surface area contributed by atoms with Gasteiger partial charge in [-0.3, -0.25) is 9.36 Å². The average molecular weight is 476 g/mol. The maximum Gasteiger partial charge on any atom is 0.237 e. The molecule has 0 bridgehead atoms. The van der Waals surface area contributed by atoms with Crippen LogP contribution in [0.2, 0.25) is 0 Å². The highest BCUT2D eigenvalue weighted by molar-refractivity contribution is 7.99. The van der Waals surface area contributed by atoms with Crippen molar-refractivity contribution < 1.29 is 13.6 Å². The van der Waals surface area contributed by atoms with Crippen LogP contribution in [-0.4, -0.2) is 33.0 Å². The van der Waals surface area contributed by atoms with Crippen LogP contribution in [0.15, 0.2) is 84.0 Å². The lowest BCUT2D eigenvalue weighted by molar-refractivity contribution is -0.116. The number of aromatic nitrogens is 3. The molecule has 0 aliphatic rings. The van der Waals surface area contributed by atoms with Gasteiger partial charge < -0.3 is 4.90 Å². The van der Waals surface area contributed by atoms with Crippen LogP contribution in [-0.2, 0) is 4.79 Å². The summed E-state index contributed by atoms with van der Waals surface area (Å²) in [4.78, 5) is 14.6. The van der Waals surface area contributed by atoms with Gasteiger partial charge in [-0.25, -0.2) is 8.78 Å². The predicted octanol–water partition coefficient (Wildman–Crippen LogP) is 5.25. The molecule has 0 unspecified atom stereocenters. The SMILES string of the molecule is N#CCCN(C(=O)CSc1nnc(-c2ccc(F)cc2)n1-c1ccc(F)cc1)c1ccccc1. The second-order valence-corrected chi connectivity index (χ2v) is 8.15. The van der Waals surface area contributed by atoms with E-state index in [1.165, 1.54) is 36.0 Å². The van der Waals surface area contributed by atoms with Crippen molar-refractivity contribution in [3.8, 4) is 23.1 Å². The first kappa shape index (κ1) is 23.1. The number of carbonyl (C=O) groups is 1. The standard InChI is InChI=1S/C25H19F2N5OS/c26-19-9-7-18(8-10-19)24-29-30-25(32(24)22-13-11-20(27)12-14-22)34-17-23(33)31(16-4-15-28)21-5-2-1-3-6-21/h1-3,5-14H,4,16-17H2. The number of carbonyl (C=O) groups excluding carboxylic acids is 1. The number of rotatable bonds is 8. The van der Waals surface area contributed by atoms with Gasteiger partial charge in [0, 0.05) is 23.5 Å². The largest absolute Gasteiger partial charge is 0.311 e. The molecule has 0 aliphatic heterocycles. The van der Waals surface area contributed by atoms with Crippen molar-refractivity contribution in [3.63, 3.8) is 0 Å². The summed E-state index contributed by atoms with van der Waals surface area (Å²) >= 11 is 1.18. The van der Waals surface area contributed by atoms with E-state index < -0.39 is 0 Å². The number of thioether (sulfide) groups is 1. The number of anilines is 1. The van der Waals surface area contributed by atoms with Gasteiger partial charge in [-0.1, -0.05) is 30.0 Å². The third-order valence-electron chi connectivity index (χ3n) is 4.96. The van der Waals surface area contributed by atoms with Crippen LogP contribution in [0.5, 0.6) is 0 Å². The second kappa shape index (κ2) is 10.7. The Kier molecular flexibility index (Phi) is 7.30. The summed E-state index contributed by atoms with van der Waals surface area (Å²) in [7, 11) is 0. The number of nitriles is 1. The number of hydrogen-bond donors (Lipinski definition) is 0. The van der Waals surface area contributed by atoms with Crippen molar-refractivity contribution in [2.75, 3.05) is 17.2 Å². The lowest BCUT2D eigenvalue weighted by atomic mass is 10.2. The lowest BCUT2D eigenvalue weighted by Crippen LogP contribution is -2.33. The maximum atomic E-state index is 13.5. The molecule has 34 heavy (non-hydrogen) atoms. The van der Waals surface area contributed by atoms with Gasteiger partial charge in [0.15, 0.2) is 11.0 Å². The average Bonchev–Trinajstić information content (AvgIpc) is 3.28. The van der Waals surface area contributed by atoms with Crippen LogP contribution in [0.3, 0.4) is 0 Å². The Balaban J connectivity index is 1.63. The maximum absolute atomic E-state index is 13.5. The van der Waals surface area contributed by atoms with Crippen molar-refractivity contribution in [1.82, 2.24) is 14.8 Å². The van der Waals surface area contributed by atoms with Crippen molar-refractivity contribution in [1.29, 1.82) is 5.26 Å². The van der Waals surface area contributed by atoms with E-state index in [1.54, 1.807) is 33.7 Å². The molecule has 0 aliphatic carbocycles. The van der Waals surface area contributed by atoms with Crippen LogP contribution in [0.1, 0.15) is 6.42 Å². The molecule has 0 fully saturated rings. The summed E-state index contributed by atoms with van der Waals surface area (Å²) in [5, 5.41) is 17.9. The molecule has 0 atom stereocenters. The van der Waals surface area contributed by atoms with Crippen molar-refractivity contribution in [3.05, 3.63) is 90.5 Å².